The van der Waals surface area contributed by atoms with Crippen LogP contribution in [0.2, 0.25) is 0 Å². The van der Waals surface area contributed by atoms with Crippen LogP contribution in [0.25, 0.3) is 10.8 Å². The van der Waals surface area contributed by atoms with Gasteiger partial charge in [-0.15, -0.1) is 0 Å². The average molecular weight is 347 g/mol. The molecule has 3 unspecified atom stereocenters. The Bertz CT molecular complexity index is 733. The van der Waals surface area contributed by atoms with Gasteiger partial charge in [0.1, 0.15) is 12.2 Å². The molecule has 0 radical (unpaired) electrons. The molecule has 136 valence electrons. The number of aliphatic hydroxyl groups excluding tert-OH is 4. The molecular formula is C19H25NO5. The molecule has 0 bridgehead atoms. The minimum atomic E-state index is -1.42. The number of anilines is 1. The standard InChI is InChI=1S/C19H25NO5/c1-3-16(22)14-5-4-13-9-15(7-6-12(13)8-14)20(2)10-17(23)19(25)18(24)11-21/h4-9,17-19,21,23-25H,3,10-11H2,1-2H3. The second-order valence-corrected chi connectivity index (χ2v) is 6.21. The summed E-state index contributed by atoms with van der Waals surface area (Å²) >= 11 is 0. The molecule has 2 rings (SSSR count). The Kier molecular flexibility index (Phi) is 6.50. The summed E-state index contributed by atoms with van der Waals surface area (Å²) in [5.74, 6) is 0.0997. The average Bonchev–Trinajstić information content (AvgIpc) is 2.64. The highest BCUT2D eigenvalue weighted by Gasteiger charge is 2.25. The van der Waals surface area contributed by atoms with Gasteiger partial charge in [-0.25, -0.2) is 0 Å². The lowest BCUT2D eigenvalue weighted by molar-refractivity contribution is -0.0729. The van der Waals surface area contributed by atoms with Crippen molar-refractivity contribution in [2.24, 2.45) is 0 Å². The third-order valence-corrected chi connectivity index (χ3v) is 4.34. The van der Waals surface area contributed by atoms with Crippen LogP contribution < -0.4 is 4.90 Å². The zero-order chi connectivity index (χ0) is 18.6. The fourth-order valence-electron chi connectivity index (χ4n) is 2.71. The molecule has 0 saturated heterocycles. The predicted octanol–water partition coefficient (Wildman–Crippen LogP) is 0.944. The van der Waals surface area contributed by atoms with Crippen LogP contribution in [0.4, 0.5) is 5.69 Å². The number of carbonyl (C=O) groups excluding carboxylic acids is 1. The first-order valence-electron chi connectivity index (χ1n) is 8.30. The number of aliphatic hydroxyl groups is 4. The number of carbonyl (C=O) groups is 1. The Morgan fingerprint density at radius 2 is 1.68 bits per heavy atom. The molecule has 6 nitrogen and oxygen atoms in total. The van der Waals surface area contributed by atoms with Gasteiger partial charge in [0.15, 0.2) is 5.78 Å². The minimum Gasteiger partial charge on any atom is -0.394 e. The van der Waals surface area contributed by atoms with Gasteiger partial charge in [-0.05, 0) is 29.0 Å². The Morgan fingerprint density at radius 1 is 1.04 bits per heavy atom. The number of likely N-dealkylation sites (N-methyl/N-ethyl adjacent to an activating group) is 1. The smallest absolute Gasteiger partial charge is 0.162 e. The molecule has 0 heterocycles. The molecule has 0 amide bonds. The zero-order valence-corrected chi connectivity index (χ0v) is 14.5. The monoisotopic (exact) mass is 347 g/mol. The van der Waals surface area contributed by atoms with Gasteiger partial charge in [0.25, 0.3) is 0 Å². The van der Waals surface area contributed by atoms with E-state index >= 15 is 0 Å². The van der Waals surface area contributed by atoms with Crippen LogP contribution in [0.5, 0.6) is 0 Å². The Morgan fingerprint density at radius 3 is 2.32 bits per heavy atom. The quantitative estimate of drug-likeness (QED) is 0.530. The number of benzene rings is 2. The van der Waals surface area contributed by atoms with E-state index in [0.29, 0.717) is 12.0 Å². The topological polar surface area (TPSA) is 101 Å². The Balaban J connectivity index is 2.16. The molecule has 0 aliphatic rings. The lowest BCUT2D eigenvalue weighted by atomic mass is 10.0. The largest absolute Gasteiger partial charge is 0.394 e. The van der Waals surface area contributed by atoms with Crippen LogP contribution in [0.1, 0.15) is 23.7 Å². The molecule has 0 aromatic heterocycles. The SMILES string of the molecule is CCC(=O)c1ccc2cc(N(C)CC(O)C(O)C(O)CO)ccc2c1. The third kappa shape index (κ3) is 4.55. The summed E-state index contributed by atoms with van der Waals surface area (Å²) in [6.45, 7) is 1.31. The maximum absolute atomic E-state index is 11.8. The number of rotatable bonds is 8. The van der Waals surface area contributed by atoms with Gasteiger partial charge in [0.2, 0.25) is 0 Å². The fourth-order valence-corrected chi connectivity index (χ4v) is 2.71. The highest BCUT2D eigenvalue weighted by atomic mass is 16.4. The fraction of sp³-hybridized carbons (Fsp3) is 0.421. The predicted molar refractivity (Wildman–Crippen MR) is 96.9 cm³/mol. The summed E-state index contributed by atoms with van der Waals surface area (Å²) in [6.07, 6.45) is -3.54. The van der Waals surface area contributed by atoms with Crippen LogP contribution in [-0.2, 0) is 0 Å². The maximum Gasteiger partial charge on any atom is 0.162 e. The van der Waals surface area contributed by atoms with Crippen molar-refractivity contribution in [3.63, 3.8) is 0 Å². The van der Waals surface area contributed by atoms with Gasteiger partial charge in [0.05, 0.1) is 12.7 Å². The summed E-state index contributed by atoms with van der Waals surface area (Å²) < 4.78 is 0. The van der Waals surface area contributed by atoms with E-state index < -0.39 is 24.9 Å². The lowest BCUT2D eigenvalue weighted by Gasteiger charge is -2.27. The molecule has 2 aromatic carbocycles. The van der Waals surface area contributed by atoms with Gasteiger partial charge in [0, 0.05) is 31.3 Å². The van der Waals surface area contributed by atoms with E-state index in [2.05, 4.69) is 0 Å². The van der Waals surface area contributed by atoms with E-state index in [0.717, 1.165) is 16.5 Å². The Hall–Kier alpha value is -1.99. The Labute approximate surface area is 146 Å². The van der Waals surface area contributed by atoms with Gasteiger partial charge in [-0.1, -0.05) is 25.1 Å². The molecule has 0 spiro atoms. The number of hydrogen-bond acceptors (Lipinski definition) is 6. The lowest BCUT2D eigenvalue weighted by Crippen LogP contribution is -2.45. The first kappa shape index (κ1) is 19.3. The van der Waals surface area contributed by atoms with Crippen molar-refractivity contribution < 1.29 is 25.2 Å². The molecule has 6 heteroatoms. The molecular weight excluding hydrogens is 322 g/mol. The molecule has 0 aliphatic heterocycles. The normalized spacial score (nSPS) is 15.0. The first-order valence-corrected chi connectivity index (χ1v) is 8.30. The summed E-state index contributed by atoms with van der Waals surface area (Å²) in [5.41, 5.74) is 1.51. The van der Waals surface area contributed by atoms with E-state index in [4.69, 9.17) is 5.11 Å². The third-order valence-electron chi connectivity index (χ3n) is 4.34. The summed E-state index contributed by atoms with van der Waals surface area (Å²) in [4.78, 5) is 13.6. The van der Waals surface area contributed by atoms with Gasteiger partial charge in [-0.3, -0.25) is 4.79 Å². The number of hydrogen-bond donors (Lipinski definition) is 4. The van der Waals surface area contributed by atoms with Crippen LogP contribution >= 0.6 is 0 Å². The first-order chi connectivity index (χ1) is 11.9. The van der Waals surface area contributed by atoms with E-state index in [1.54, 1.807) is 18.0 Å². The second kappa shape index (κ2) is 8.40. The van der Waals surface area contributed by atoms with Gasteiger partial charge in [-0.2, -0.15) is 0 Å². The summed E-state index contributed by atoms with van der Waals surface area (Å²) in [6, 6.07) is 11.2. The maximum atomic E-state index is 11.8. The van der Waals surface area contributed by atoms with E-state index in [1.807, 2.05) is 37.3 Å². The van der Waals surface area contributed by atoms with Crippen molar-refractivity contribution in [1.82, 2.24) is 0 Å². The molecule has 2 aromatic rings. The molecule has 4 N–H and O–H groups in total. The van der Waals surface area contributed by atoms with Gasteiger partial charge < -0.3 is 25.3 Å². The van der Waals surface area contributed by atoms with Gasteiger partial charge >= 0.3 is 0 Å². The van der Waals surface area contributed by atoms with E-state index in [1.165, 1.54) is 0 Å². The van der Waals surface area contributed by atoms with Crippen molar-refractivity contribution >= 4 is 22.2 Å². The van der Waals surface area contributed by atoms with E-state index in [9.17, 15) is 20.1 Å². The molecule has 25 heavy (non-hydrogen) atoms. The van der Waals surface area contributed by atoms with Crippen molar-refractivity contribution in [3.05, 3.63) is 42.0 Å². The van der Waals surface area contributed by atoms with E-state index in [-0.39, 0.29) is 12.3 Å². The van der Waals surface area contributed by atoms with Crippen molar-refractivity contribution in [1.29, 1.82) is 0 Å². The number of nitrogens with zero attached hydrogens (tertiary/aromatic N) is 1. The van der Waals surface area contributed by atoms with Crippen LogP contribution in [0, 0.1) is 0 Å². The molecule has 0 aliphatic carbocycles. The number of fused-ring (bicyclic) bond motifs is 1. The zero-order valence-electron chi connectivity index (χ0n) is 14.5. The second-order valence-electron chi connectivity index (χ2n) is 6.21. The van der Waals surface area contributed by atoms with Crippen LogP contribution in [-0.4, -0.2) is 64.7 Å². The minimum absolute atomic E-state index is 0.0934. The van der Waals surface area contributed by atoms with Crippen LogP contribution in [0.15, 0.2) is 36.4 Å². The molecule has 0 fully saturated rings. The molecule has 3 atom stereocenters. The summed E-state index contributed by atoms with van der Waals surface area (Å²) in [7, 11) is 1.76. The highest BCUT2D eigenvalue weighted by Crippen LogP contribution is 2.23. The highest BCUT2D eigenvalue weighted by molar-refractivity contribution is 6.00. The molecule has 0 saturated carbocycles. The van der Waals surface area contributed by atoms with Crippen molar-refractivity contribution in [3.8, 4) is 0 Å². The number of ketones is 1. The van der Waals surface area contributed by atoms with Crippen LogP contribution in [0.3, 0.4) is 0 Å². The van der Waals surface area contributed by atoms with Crippen molar-refractivity contribution in [2.45, 2.75) is 31.7 Å². The van der Waals surface area contributed by atoms with Crippen molar-refractivity contribution in [2.75, 3.05) is 25.1 Å². The number of Topliss-reactive ketones (excluding diaryl/α,β-unsaturated/α-hetero) is 1. The summed E-state index contributed by atoms with van der Waals surface area (Å²) in [5, 5.41) is 39.9.